The molecule has 2 aliphatic carbocycles. The Morgan fingerprint density at radius 2 is 1.10 bits per heavy atom. The van der Waals surface area contributed by atoms with E-state index in [9.17, 15) is 43.2 Å². The van der Waals surface area contributed by atoms with Crippen molar-refractivity contribution >= 4 is 54.0 Å². The van der Waals surface area contributed by atoms with Gasteiger partial charge in [0.2, 0.25) is 23.6 Å². The first-order chi connectivity index (χ1) is 36.9. The van der Waals surface area contributed by atoms with E-state index >= 15 is 0 Å². The fourth-order valence-electron chi connectivity index (χ4n) is 12.1. The largest absolute Gasteiger partial charge is 0.450 e. The van der Waals surface area contributed by atoms with E-state index in [-0.39, 0.29) is 52.9 Å². The van der Waals surface area contributed by atoms with Gasteiger partial charge >= 0.3 is 18.2 Å². The number of nitrogens with zero attached hydrogens (tertiary/aromatic N) is 2. The van der Waals surface area contributed by atoms with Crippen molar-refractivity contribution in [3.8, 4) is 0 Å². The predicted octanol–water partition coefficient (Wildman–Crippen LogP) is 5.65. The van der Waals surface area contributed by atoms with Crippen molar-refractivity contribution in [1.29, 1.82) is 0 Å². The molecular weight excluding hydrogens is 1020 g/mol. The highest BCUT2D eigenvalue weighted by Gasteiger charge is 2.71. The first-order valence-corrected chi connectivity index (χ1v) is 28.9. The molecule has 4 heterocycles. The second kappa shape index (κ2) is 27.4. The van der Waals surface area contributed by atoms with Gasteiger partial charge in [0.05, 0.1) is 24.3 Å². The minimum atomic E-state index is -1.25. The molecule has 0 spiro atoms. The van der Waals surface area contributed by atoms with Crippen molar-refractivity contribution in [3.63, 3.8) is 0 Å². The van der Waals surface area contributed by atoms with Gasteiger partial charge in [0, 0.05) is 39.8 Å². The smallest absolute Gasteiger partial charge is 0.408 e. The number of carbonyl (C=O) groups is 9. The van der Waals surface area contributed by atoms with Crippen LogP contribution in [0.15, 0.2) is 12.7 Å². The summed E-state index contributed by atoms with van der Waals surface area (Å²) in [5.41, 5.74) is -1.74. The zero-order valence-corrected chi connectivity index (χ0v) is 49.5. The topological polar surface area (TPSA) is 266 Å². The van der Waals surface area contributed by atoms with E-state index in [1.54, 1.807) is 60.3 Å². The lowest BCUT2D eigenvalue weighted by molar-refractivity contribution is -0.157. The van der Waals surface area contributed by atoms with Crippen LogP contribution in [0.5, 0.6) is 0 Å². The monoisotopic (exact) mass is 1110 g/mol. The zero-order chi connectivity index (χ0) is 58.8. The maximum Gasteiger partial charge on any atom is 0.408 e. The lowest BCUT2D eigenvalue weighted by Gasteiger charge is -2.36. The lowest BCUT2D eigenvalue weighted by Crippen LogP contribution is -2.61. The summed E-state index contributed by atoms with van der Waals surface area (Å²) in [5.74, 6) is -2.53. The summed E-state index contributed by atoms with van der Waals surface area (Å²) >= 11 is 0. The first-order valence-electron chi connectivity index (χ1n) is 28.9. The molecule has 7 amide bonds. The van der Waals surface area contributed by atoms with Crippen LogP contribution in [0, 0.1) is 34.5 Å². The average Bonchev–Trinajstić information content (AvgIpc) is 4.03. The number of aldehydes is 1. The highest BCUT2D eigenvalue weighted by atomic mass is 16.6. The van der Waals surface area contributed by atoms with Gasteiger partial charge < -0.3 is 64.9 Å². The normalized spacial score (nSPS) is 32.0. The van der Waals surface area contributed by atoms with Gasteiger partial charge in [-0.2, -0.15) is 0 Å². The fraction of sp³-hybridized carbons (Fsp3) is 0.810. The lowest BCUT2D eigenvalue weighted by atomic mass is 9.97. The van der Waals surface area contributed by atoms with Gasteiger partial charge in [-0.3, -0.25) is 28.8 Å². The Kier molecular flexibility index (Phi) is 22.4. The van der Waals surface area contributed by atoms with Crippen LogP contribution < -0.4 is 26.6 Å². The molecule has 6 rings (SSSR count). The minimum Gasteiger partial charge on any atom is -0.450 e. The van der Waals surface area contributed by atoms with Crippen LogP contribution in [-0.4, -0.2) is 162 Å². The standard InChI is InChI=1S/C32H52N4O8.C26H43N3O6/c1-9-16-33-28(39)26(43-20(3)37)22-15-13-11-10-12-14-17-42-19(2)24(35-30(41)44-31(4,5)6)29(40)36-18-21-23(32(21,7)8)25(36)27(38)34-22;1-16-20(28-24(33)35-25(2,3)4)23(32)29-14-18-19(26(18,5)6)21(29)22(31)27-17(15-30)12-10-8-7-9-11-13-34-16/h9,19,21-26H,1,10-18H2,2-8H3,(H,33,39)(H,34,38)(H,35,41);15-21H,7-14H2,1-6H3,(H,27,31)(H,28,33)/t19-,21-,22-,23-,24-,25-,26?;16-,17-,18-,19-,20-,21-/m00/s1. The maximum absolute atomic E-state index is 14.2. The van der Waals surface area contributed by atoms with Crippen LogP contribution in [-0.2, 0) is 57.2 Å². The molecule has 79 heavy (non-hydrogen) atoms. The number of ether oxygens (including phenoxy) is 5. The van der Waals surface area contributed by atoms with Crippen LogP contribution in [0.25, 0.3) is 0 Å². The summed E-state index contributed by atoms with van der Waals surface area (Å²) in [7, 11) is 0. The number of rotatable bonds is 8. The van der Waals surface area contributed by atoms with Crippen molar-refractivity contribution in [2.75, 3.05) is 32.8 Å². The van der Waals surface area contributed by atoms with Crippen molar-refractivity contribution in [2.45, 2.75) is 233 Å². The summed E-state index contributed by atoms with van der Waals surface area (Å²) in [6.45, 7) is 29.0. The Morgan fingerprint density at radius 1 is 0.684 bits per heavy atom. The van der Waals surface area contributed by atoms with Gasteiger partial charge in [0.1, 0.15) is 41.7 Å². The maximum atomic E-state index is 14.2. The average molecular weight is 1110 g/mol. The van der Waals surface area contributed by atoms with Crippen molar-refractivity contribution < 1.29 is 66.8 Å². The van der Waals surface area contributed by atoms with E-state index in [4.69, 9.17) is 23.7 Å². The quantitative estimate of drug-likeness (QED) is 0.0852. The number of hydrogen-bond donors (Lipinski definition) is 5. The van der Waals surface area contributed by atoms with Gasteiger partial charge in [0.25, 0.3) is 5.91 Å². The zero-order valence-electron chi connectivity index (χ0n) is 49.5. The highest BCUT2D eigenvalue weighted by Crippen LogP contribution is 2.66. The molecule has 6 fully saturated rings. The van der Waals surface area contributed by atoms with Gasteiger partial charge in [-0.15, -0.1) is 6.58 Å². The van der Waals surface area contributed by atoms with Crippen LogP contribution in [0.3, 0.4) is 0 Å². The van der Waals surface area contributed by atoms with Gasteiger partial charge in [0.15, 0.2) is 6.10 Å². The third kappa shape index (κ3) is 17.4. The molecule has 4 aliphatic heterocycles. The molecule has 4 saturated heterocycles. The second-order valence-electron chi connectivity index (χ2n) is 25.7. The number of piperidine rings is 2. The Hall–Kier alpha value is -5.31. The van der Waals surface area contributed by atoms with Crippen LogP contribution in [0.2, 0.25) is 0 Å². The number of carbonyl (C=O) groups excluding carboxylic acids is 9. The molecule has 1 unspecified atom stereocenters. The summed E-state index contributed by atoms with van der Waals surface area (Å²) < 4.78 is 28.3. The summed E-state index contributed by atoms with van der Waals surface area (Å²) in [6.07, 6.45) is 8.05. The molecule has 0 aromatic heterocycles. The molecule has 21 nitrogen and oxygen atoms in total. The number of nitrogens with one attached hydrogen (secondary N) is 5. The van der Waals surface area contributed by atoms with Crippen LogP contribution in [0.4, 0.5) is 9.59 Å². The SMILES string of the molecule is C=CCNC(=O)C(OC(C)=O)[C@@H]1CCCCCCCO[C@@H](C)[C@H](NC(=O)OC(C)(C)C)C(=O)N2C[C@H]3[C@@H]([C@H]2C(=O)N1)C3(C)C.C[C@@H]1OCCCCCCC[C@@H](C=O)NC(=O)[C@@H]2[C@@H]3[C@H](CN2C(=O)[C@H]1NC(=O)OC(C)(C)C)C3(C)C. The van der Waals surface area contributed by atoms with E-state index in [0.29, 0.717) is 45.6 Å². The van der Waals surface area contributed by atoms with Crippen molar-refractivity contribution in [2.24, 2.45) is 34.5 Å². The van der Waals surface area contributed by atoms with Gasteiger partial charge in [-0.05, 0) is 116 Å². The number of hydrogen-bond acceptors (Lipinski definition) is 14. The molecular formula is C58H95N7O14. The molecule has 0 radical (unpaired) electrons. The Labute approximate surface area is 468 Å². The predicted molar refractivity (Wildman–Crippen MR) is 294 cm³/mol. The molecule has 446 valence electrons. The molecule has 13 atom stereocenters. The van der Waals surface area contributed by atoms with E-state index in [0.717, 1.165) is 64.1 Å². The molecule has 2 saturated carbocycles. The molecule has 0 aromatic carbocycles. The molecule has 0 bridgehead atoms. The van der Waals surface area contributed by atoms with Gasteiger partial charge in [-0.25, -0.2) is 9.59 Å². The number of esters is 1. The Balaban J connectivity index is 0.000000298. The van der Waals surface area contributed by atoms with E-state index < -0.39 is 102 Å². The summed E-state index contributed by atoms with van der Waals surface area (Å²) in [6, 6.07) is -4.97. The molecule has 0 aromatic rings. The first kappa shape index (κ1) is 64.5. The summed E-state index contributed by atoms with van der Waals surface area (Å²) in [4.78, 5) is 121. The van der Waals surface area contributed by atoms with E-state index in [1.807, 2.05) is 0 Å². The second-order valence-corrected chi connectivity index (χ2v) is 25.7. The molecule has 21 heteroatoms. The molecule has 6 aliphatic rings. The number of fused-ring (bicyclic) bond motifs is 6. The van der Waals surface area contributed by atoms with Gasteiger partial charge in [-0.1, -0.05) is 85.1 Å². The number of alkyl carbamates (subject to hydrolysis) is 2. The third-order valence-corrected chi connectivity index (χ3v) is 16.6. The van der Waals surface area contributed by atoms with E-state index in [1.165, 1.54) is 17.9 Å². The fourth-order valence-corrected chi connectivity index (χ4v) is 12.1. The van der Waals surface area contributed by atoms with Crippen molar-refractivity contribution in [1.82, 2.24) is 36.4 Å². The Morgan fingerprint density at radius 3 is 1.52 bits per heavy atom. The van der Waals surface area contributed by atoms with E-state index in [2.05, 4.69) is 60.9 Å². The van der Waals surface area contributed by atoms with Crippen LogP contribution >= 0.6 is 0 Å². The highest BCUT2D eigenvalue weighted by molar-refractivity contribution is 5.95. The minimum absolute atomic E-state index is 0.0102. The third-order valence-electron chi connectivity index (χ3n) is 16.6. The van der Waals surface area contributed by atoms with Crippen LogP contribution in [0.1, 0.15) is 167 Å². The molecule has 5 N–H and O–H groups in total. The number of amides is 7. The summed E-state index contributed by atoms with van der Waals surface area (Å²) in [5, 5.41) is 14.0. The Bertz CT molecular complexity index is 2190. The van der Waals surface area contributed by atoms with Crippen molar-refractivity contribution in [3.05, 3.63) is 12.7 Å².